The third-order valence-corrected chi connectivity index (χ3v) is 9.15. The molecule has 0 aliphatic rings. The summed E-state index contributed by atoms with van der Waals surface area (Å²) < 4.78 is 36.5. The van der Waals surface area contributed by atoms with Gasteiger partial charge in [0.15, 0.2) is 0 Å². The van der Waals surface area contributed by atoms with Gasteiger partial charge in [-0.25, -0.2) is 13.4 Å². The molecule has 0 aliphatic carbocycles. The van der Waals surface area contributed by atoms with Gasteiger partial charge in [-0.05, 0) is 67.5 Å². The number of anilines is 1. The third kappa shape index (κ3) is 8.77. The van der Waals surface area contributed by atoms with Gasteiger partial charge < -0.3 is 19.9 Å². The lowest BCUT2D eigenvalue weighted by molar-refractivity contribution is 0.313. The highest BCUT2D eigenvalue weighted by atomic mass is 35.5. The van der Waals surface area contributed by atoms with Crippen molar-refractivity contribution in [3.8, 4) is 5.75 Å². The summed E-state index contributed by atoms with van der Waals surface area (Å²) in [5, 5.41) is 7.57. The molecule has 0 saturated carbocycles. The van der Waals surface area contributed by atoms with E-state index in [0.717, 1.165) is 48.4 Å². The number of likely N-dealkylation sites (N-methyl/N-ethyl adjacent to an activating group) is 1. The number of sulfonamides is 1. The summed E-state index contributed by atoms with van der Waals surface area (Å²) in [6, 6.07) is 19.8. The zero-order valence-electron chi connectivity index (χ0n) is 24.8. The quantitative estimate of drug-likeness (QED) is 0.144. The second-order valence-corrected chi connectivity index (χ2v) is 11.5. The van der Waals surface area contributed by atoms with Gasteiger partial charge in [0.05, 0.1) is 28.7 Å². The Balaban J connectivity index is 0.00000308. The van der Waals surface area contributed by atoms with E-state index in [1.54, 1.807) is 31.4 Å². The van der Waals surface area contributed by atoms with Crippen molar-refractivity contribution < 1.29 is 13.2 Å². The first-order valence-electron chi connectivity index (χ1n) is 13.5. The van der Waals surface area contributed by atoms with Gasteiger partial charge in [-0.15, -0.1) is 37.2 Å². The fourth-order valence-corrected chi connectivity index (χ4v) is 6.21. The van der Waals surface area contributed by atoms with Crippen LogP contribution in [0.4, 0.5) is 5.69 Å². The van der Waals surface area contributed by atoms with Crippen molar-refractivity contribution in [1.29, 1.82) is 5.41 Å². The minimum atomic E-state index is -3.83. The van der Waals surface area contributed by atoms with Gasteiger partial charge >= 0.3 is 0 Å². The van der Waals surface area contributed by atoms with Crippen LogP contribution in [0, 0.1) is 5.41 Å². The number of amidine groups is 1. The number of methoxy groups -OCH3 is 1. The Morgan fingerprint density at radius 3 is 2.12 bits per heavy atom. The number of aromatic nitrogens is 2. The van der Waals surface area contributed by atoms with Gasteiger partial charge in [-0.1, -0.05) is 38.1 Å². The van der Waals surface area contributed by atoms with Crippen LogP contribution in [0.2, 0.25) is 0 Å². The zero-order chi connectivity index (χ0) is 28.9. The van der Waals surface area contributed by atoms with Crippen molar-refractivity contribution in [2.24, 2.45) is 12.8 Å². The van der Waals surface area contributed by atoms with Crippen LogP contribution in [0.5, 0.6) is 5.75 Å². The van der Waals surface area contributed by atoms with Crippen molar-refractivity contribution in [2.45, 2.75) is 31.6 Å². The van der Waals surface area contributed by atoms with Gasteiger partial charge in [0, 0.05) is 32.1 Å². The summed E-state index contributed by atoms with van der Waals surface area (Å²) in [5.41, 5.74) is 9.67. The number of hydrogen-bond donors (Lipinski definition) is 2. The Bertz CT molecular complexity index is 1580. The number of ether oxygens (including phenoxy) is 1. The molecule has 9 nitrogen and oxygen atoms in total. The molecule has 13 heteroatoms. The molecule has 0 bridgehead atoms. The Kier molecular flexibility index (Phi) is 14.8. The van der Waals surface area contributed by atoms with Gasteiger partial charge in [-0.3, -0.25) is 9.71 Å². The number of hydrogen-bond acceptors (Lipinski definition) is 6. The normalized spacial score (nSPS) is 10.9. The van der Waals surface area contributed by atoms with Crippen molar-refractivity contribution in [1.82, 2.24) is 14.5 Å². The number of fused-ring (bicyclic) bond motifs is 1. The molecule has 1 heterocycles. The Hall–Kier alpha value is -3.02. The minimum Gasteiger partial charge on any atom is -0.497 e. The highest BCUT2D eigenvalue weighted by Gasteiger charge is 2.26. The highest BCUT2D eigenvalue weighted by Crippen LogP contribution is 2.28. The summed E-state index contributed by atoms with van der Waals surface area (Å²) in [4.78, 5) is 7.30. The number of nitrogens with one attached hydrogen (secondary N) is 1. The summed E-state index contributed by atoms with van der Waals surface area (Å²) >= 11 is 0. The second kappa shape index (κ2) is 16.7. The maximum absolute atomic E-state index is 13.9. The number of imidazole rings is 1. The predicted octanol–water partition coefficient (Wildman–Crippen LogP) is 5.45. The molecule has 0 aliphatic heterocycles. The van der Waals surface area contributed by atoms with Gasteiger partial charge in [0.2, 0.25) is 0 Å². The molecule has 1 aromatic heterocycles. The average Bonchev–Trinajstić information content (AvgIpc) is 3.28. The molecule has 0 fully saturated rings. The Morgan fingerprint density at radius 1 is 0.930 bits per heavy atom. The number of nitrogen functional groups attached to an aromatic ring is 1. The van der Waals surface area contributed by atoms with Crippen molar-refractivity contribution >= 4 is 69.8 Å². The van der Waals surface area contributed by atoms with Crippen LogP contribution in [0.15, 0.2) is 71.6 Å². The summed E-state index contributed by atoms with van der Waals surface area (Å²) in [6.07, 6.45) is 1.50. The van der Waals surface area contributed by atoms with Crippen molar-refractivity contribution in [3.05, 3.63) is 83.7 Å². The Morgan fingerprint density at radius 2 is 1.56 bits per heavy atom. The van der Waals surface area contributed by atoms with Crippen LogP contribution in [-0.2, 0) is 29.9 Å². The van der Waals surface area contributed by atoms with E-state index in [2.05, 4.69) is 23.3 Å². The van der Waals surface area contributed by atoms with Crippen LogP contribution in [0.1, 0.15) is 30.8 Å². The molecule has 3 N–H and O–H groups in total. The van der Waals surface area contributed by atoms with E-state index in [0.29, 0.717) is 30.1 Å². The van der Waals surface area contributed by atoms with E-state index in [9.17, 15) is 8.42 Å². The first-order chi connectivity index (χ1) is 19.2. The lowest BCUT2D eigenvalue weighted by Gasteiger charge is -2.28. The van der Waals surface area contributed by atoms with Crippen molar-refractivity contribution in [3.63, 3.8) is 0 Å². The first kappa shape index (κ1) is 38.0. The van der Waals surface area contributed by atoms with Gasteiger partial charge in [-0.2, -0.15) is 0 Å². The smallest absolute Gasteiger partial charge is 0.264 e. The predicted molar refractivity (Wildman–Crippen MR) is 183 cm³/mol. The first-order valence-corrected chi connectivity index (χ1v) is 14.9. The molecule has 4 aromatic rings. The van der Waals surface area contributed by atoms with E-state index >= 15 is 0 Å². The SMILES string of the molecule is CCN(CC)CCN(c1ccc2c(c1)nc(CCc1ccc(C(=N)N)cc1)n2C)S(=O)(=O)c1ccc(OC)cc1.Cl.Cl.Cl. The largest absolute Gasteiger partial charge is 0.497 e. The number of aryl methyl sites for hydroxylation is 3. The molecule has 0 radical (unpaired) electrons. The van der Waals surface area contributed by atoms with Crippen LogP contribution in [0.3, 0.4) is 0 Å². The number of nitrogens with two attached hydrogens (primary N) is 1. The van der Waals surface area contributed by atoms with Gasteiger partial charge in [0.25, 0.3) is 10.0 Å². The number of halogens is 3. The Labute approximate surface area is 273 Å². The van der Waals surface area contributed by atoms with Crippen LogP contribution < -0.4 is 14.8 Å². The van der Waals surface area contributed by atoms with Crippen LogP contribution in [-0.4, -0.2) is 62.0 Å². The third-order valence-electron chi connectivity index (χ3n) is 7.31. The monoisotopic (exact) mass is 670 g/mol. The molecule has 43 heavy (non-hydrogen) atoms. The molecule has 0 saturated heterocycles. The fraction of sp³-hybridized carbons (Fsp3) is 0.333. The van der Waals surface area contributed by atoms with Gasteiger partial charge in [0.1, 0.15) is 17.4 Å². The molecule has 0 unspecified atom stereocenters. The van der Waals surface area contributed by atoms with E-state index < -0.39 is 10.0 Å². The van der Waals surface area contributed by atoms with E-state index in [1.807, 2.05) is 49.5 Å². The summed E-state index contributed by atoms with van der Waals surface area (Å²) in [6.45, 7) is 6.75. The number of rotatable bonds is 13. The molecule has 4 rings (SSSR count). The van der Waals surface area contributed by atoms with E-state index in [4.69, 9.17) is 20.9 Å². The summed E-state index contributed by atoms with van der Waals surface area (Å²) in [5.74, 6) is 1.57. The van der Waals surface area contributed by atoms with Crippen molar-refractivity contribution in [2.75, 3.05) is 37.6 Å². The van der Waals surface area contributed by atoms with Crippen LogP contribution in [0.25, 0.3) is 11.0 Å². The molecule has 0 spiro atoms. The molecule has 3 aromatic carbocycles. The fourth-order valence-electron chi connectivity index (χ4n) is 4.76. The molecule has 0 amide bonds. The molecular weight excluding hydrogens is 631 g/mol. The zero-order valence-corrected chi connectivity index (χ0v) is 28.1. The molecular formula is C30H41Cl3N6O3S. The maximum Gasteiger partial charge on any atom is 0.264 e. The number of nitrogens with zero attached hydrogens (tertiary/aromatic N) is 4. The van der Waals surface area contributed by atoms with E-state index in [-0.39, 0.29) is 48.0 Å². The maximum atomic E-state index is 13.9. The lowest BCUT2D eigenvalue weighted by atomic mass is 10.1. The standard InChI is InChI=1S/C30H38N6O3S.3ClH/c1-5-35(6-2)19-20-36(40(37,38)26-15-13-25(39-4)14-16-26)24-12-17-28-27(21-24)33-29(34(28)3)18-9-22-7-10-23(11-8-22)30(31)32;;;/h7-8,10-17,21H,5-6,9,18-20H2,1-4H3,(H3,31,32);3*1H. The molecule has 0 atom stereocenters. The highest BCUT2D eigenvalue weighted by molar-refractivity contribution is 7.92. The topological polar surface area (TPSA) is 118 Å². The molecule has 236 valence electrons. The van der Waals surface area contributed by atoms with Crippen LogP contribution >= 0.6 is 37.2 Å². The minimum absolute atomic E-state index is 0. The summed E-state index contributed by atoms with van der Waals surface area (Å²) in [7, 11) is -0.289. The van der Waals surface area contributed by atoms with E-state index in [1.165, 1.54) is 4.31 Å². The average molecular weight is 672 g/mol. The second-order valence-electron chi connectivity index (χ2n) is 9.65. The number of benzene rings is 3. The lowest BCUT2D eigenvalue weighted by Crippen LogP contribution is -2.38.